The van der Waals surface area contributed by atoms with Crippen LogP contribution in [0.4, 0.5) is 5.69 Å². The van der Waals surface area contributed by atoms with Crippen LogP contribution in [0.3, 0.4) is 0 Å². The Morgan fingerprint density at radius 3 is 2.35 bits per heavy atom. The van der Waals surface area contributed by atoms with Crippen molar-refractivity contribution in [2.24, 2.45) is 0 Å². The Hall–Kier alpha value is -1.95. The molecule has 0 saturated heterocycles. The second kappa shape index (κ2) is 6.66. The van der Waals surface area contributed by atoms with Crippen molar-refractivity contribution in [3.63, 3.8) is 0 Å². The van der Waals surface area contributed by atoms with Crippen molar-refractivity contribution in [1.29, 1.82) is 0 Å². The van der Waals surface area contributed by atoms with E-state index in [2.05, 4.69) is 15.5 Å². The number of rotatable bonds is 5. The summed E-state index contributed by atoms with van der Waals surface area (Å²) in [6.45, 7) is 8.03. The van der Waals surface area contributed by atoms with E-state index in [1.165, 1.54) is 0 Å². The van der Waals surface area contributed by atoms with Crippen LogP contribution < -0.4 is 14.8 Å². The normalized spacial score (nSPS) is 12.8. The van der Waals surface area contributed by atoms with Gasteiger partial charge in [-0.3, -0.25) is 0 Å². The summed E-state index contributed by atoms with van der Waals surface area (Å²) in [7, 11) is 3.14. The largest absolute Gasteiger partial charge is 0.495 e. The molecule has 0 amide bonds. The third-order valence-electron chi connectivity index (χ3n) is 3.33. The molecule has 0 spiro atoms. The molecule has 2 aromatic rings. The van der Waals surface area contributed by atoms with E-state index in [-0.39, 0.29) is 11.5 Å². The number of methoxy groups -OCH3 is 2. The highest BCUT2D eigenvalue weighted by atomic mass is 35.5. The highest BCUT2D eigenvalue weighted by molar-refractivity contribution is 6.32. The minimum atomic E-state index is -0.197. The predicted molar refractivity (Wildman–Crippen MR) is 89.6 cm³/mol. The first-order valence-electron chi connectivity index (χ1n) is 7.28. The zero-order valence-electron chi connectivity index (χ0n) is 14.2. The van der Waals surface area contributed by atoms with Gasteiger partial charge in [0.2, 0.25) is 5.89 Å². The zero-order chi connectivity index (χ0) is 17.2. The first-order valence-corrected chi connectivity index (χ1v) is 7.66. The molecule has 0 aliphatic heterocycles. The molecule has 0 radical (unpaired) electrons. The highest BCUT2D eigenvalue weighted by Crippen LogP contribution is 2.37. The van der Waals surface area contributed by atoms with Crippen LogP contribution in [0.5, 0.6) is 11.5 Å². The fraction of sp³-hybridized carbons (Fsp3) is 0.500. The molecule has 7 heteroatoms. The number of nitrogens with zero attached hydrogens (tertiary/aromatic N) is 2. The molecule has 0 fully saturated rings. The molecule has 0 aliphatic carbocycles. The number of anilines is 1. The maximum atomic E-state index is 6.18. The number of hydrogen-bond donors (Lipinski definition) is 1. The van der Waals surface area contributed by atoms with Crippen LogP contribution in [0.1, 0.15) is 45.5 Å². The topological polar surface area (TPSA) is 69.4 Å². The molecule has 0 bridgehead atoms. The Balaban J connectivity index is 2.24. The number of halogens is 1. The van der Waals surface area contributed by atoms with Crippen molar-refractivity contribution in [3.8, 4) is 11.5 Å². The van der Waals surface area contributed by atoms with Crippen LogP contribution in [0, 0.1) is 0 Å². The Labute approximate surface area is 141 Å². The van der Waals surface area contributed by atoms with Gasteiger partial charge in [0, 0.05) is 11.5 Å². The molecule has 1 heterocycles. The molecule has 23 heavy (non-hydrogen) atoms. The first-order chi connectivity index (χ1) is 10.8. The number of hydrogen-bond acceptors (Lipinski definition) is 6. The van der Waals surface area contributed by atoms with Gasteiger partial charge in [-0.25, -0.2) is 0 Å². The maximum absolute atomic E-state index is 6.18. The van der Waals surface area contributed by atoms with Crippen molar-refractivity contribution < 1.29 is 14.0 Å². The van der Waals surface area contributed by atoms with E-state index >= 15 is 0 Å². The Morgan fingerprint density at radius 1 is 1.17 bits per heavy atom. The second-order valence-corrected chi connectivity index (χ2v) is 6.67. The Bertz CT molecular complexity index is 680. The quantitative estimate of drug-likeness (QED) is 0.879. The van der Waals surface area contributed by atoms with Gasteiger partial charge in [-0.2, -0.15) is 4.98 Å². The lowest BCUT2D eigenvalue weighted by Crippen LogP contribution is -2.14. The minimum absolute atomic E-state index is 0.164. The van der Waals surface area contributed by atoms with Crippen LogP contribution in [-0.2, 0) is 5.41 Å². The molecule has 1 aromatic carbocycles. The van der Waals surface area contributed by atoms with Gasteiger partial charge in [0.05, 0.1) is 24.9 Å². The average molecular weight is 340 g/mol. The van der Waals surface area contributed by atoms with Crippen LogP contribution >= 0.6 is 11.6 Å². The van der Waals surface area contributed by atoms with Crippen LogP contribution in [-0.4, -0.2) is 24.4 Å². The summed E-state index contributed by atoms with van der Waals surface area (Å²) in [5, 5.41) is 7.80. The summed E-state index contributed by atoms with van der Waals surface area (Å²) in [5.41, 5.74) is 0.559. The maximum Gasteiger partial charge on any atom is 0.248 e. The third-order valence-corrected chi connectivity index (χ3v) is 3.62. The third kappa shape index (κ3) is 3.88. The van der Waals surface area contributed by atoms with Crippen molar-refractivity contribution in [1.82, 2.24) is 10.1 Å². The second-order valence-electron chi connectivity index (χ2n) is 6.26. The van der Waals surface area contributed by atoms with Gasteiger partial charge in [-0.1, -0.05) is 37.5 Å². The molecule has 0 aliphatic rings. The van der Waals surface area contributed by atoms with Crippen molar-refractivity contribution in [2.75, 3.05) is 19.5 Å². The lowest BCUT2D eigenvalue weighted by molar-refractivity contribution is 0.353. The van der Waals surface area contributed by atoms with Gasteiger partial charge < -0.3 is 19.3 Å². The standard InChI is InChI=1S/C16H22ClN3O3/c1-9(14-19-15(20-23-14)16(2,3)4)18-11-7-10(17)12(21-5)8-13(11)22-6/h7-9,18H,1-6H3. The van der Waals surface area contributed by atoms with Crippen molar-refractivity contribution in [3.05, 3.63) is 28.9 Å². The molecular weight excluding hydrogens is 318 g/mol. The van der Waals surface area contributed by atoms with E-state index in [4.69, 9.17) is 25.6 Å². The van der Waals surface area contributed by atoms with Gasteiger partial charge >= 0.3 is 0 Å². The first kappa shape index (κ1) is 17.4. The molecule has 0 saturated carbocycles. The molecule has 1 unspecified atom stereocenters. The SMILES string of the molecule is COc1cc(OC)c(NC(C)c2nc(C(C)(C)C)no2)cc1Cl. The monoisotopic (exact) mass is 339 g/mol. The molecule has 2 rings (SSSR count). The summed E-state index contributed by atoms with van der Waals surface area (Å²) in [6.07, 6.45) is 0. The number of aromatic nitrogens is 2. The molecule has 126 valence electrons. The van der Waals surface area contributed by atoms with Gasteiger partial charge in [0.15, 0.2) is 5.82 Å². The Kier molecular flexibility index (Phi) is 5.04. The molecule has 1 aromatic heterocycles. The van der Waals surface area contributed by atoms with Gasteiger partial charge in [0.1, 0.15) is 17.5 Å². The lowest BCUT2D eigenvalue weighted by Gasteiger charge is -2.16. The highest BCUT2D eigenvalue weighted by Gasteiger charge is 2.23. The van der Waals surface area contributed by atoms with E-state index < -0.39 is 0 Å². The smallest absolute Gasteiger partial charge is 0.248 e. The number of benzene rings is 1. The zero-order valence-corrected chi connectivity index (χ0v) is 15.0. The van der Waals surface area contributed by atoms with E-state index in [1.807, 2.05) is 27.7 Å². The minimum Gasteiger partial charge on any atom is -0.495 e. The number of nitrogens with one attached hydrogen (secondary N) is 1. The summed E-state index contributed by atoms with van der Waals surface area (Å²) in [6, 6.07) is 3.28. The van der Waals surface area contributed by atoms with Crippen LogP contribution in [0.15, 0.2) is 16.7 Å². The van der Waals surface area contributed by atoms with Crippen LogP contribution in [0.25, 0.3) is 0 Å². The molecular formula is C16H22ClN3O3. The average Bonchev–Trinajstić information content (AvgIpc) is 2.97. The predicted octanol–water partition coefficient (Wildman–Crippen LogP) is 4.21. The summed E-state index contributed by atoms with van der Waals surface area (Å²) >= 11 is 6.18. The van der Waals surface area contributed by atoms with Crippen molar-refractivity contribution in [2.45, 2.75) is 39.2 Å². The fourth-order valence-corrected chi connectivity index (χ4v) is 2.22. The van der Waals surface area contributed by atoms with E-state index in [9.17, 15) is 0 Å². The van der Waals surface area contributed by atoms with E-state index in [0.717, 1.165) is 5.69 Å². The van der Waals surface area contributed by atoms with Crippen LogP contribution in [0.2, 0.25) is 5.02 Å². The van der Waals surface area contributed by atoms with E-state index in [0.29, 0.717) is 28.2 Å². The molecule has 1 N–H and O–H groups in total. The van der Waals surface area contributed by atoms with Crippen molar-refractivity contribution >= 4 is 17.3 Å². The fourth-order valence-electron chi connectivity index (χ4n) is 1.98. The van der Waals surface area contributed by atoms with Gasteiger partial charge in [-0.15, -0.1) is 0 Å². The summed E-state index contributed by atoms with van der Waals surface area (Å²) in [5.74, 6) is 2.34. The number of ether oxygens (including phenoxy) is 2. The Morgan fingerprint density at radius 2 is 1.83 bits per heavy atom. The van der Waals surface area contributed by atoms with Gasteiger partial charge in [0.25, 0.3) is 0 Å². The summed E-state index contributed by atoms with van der Waals surface area (Å²) < 4.78 is 15.9. The van der Waals surface area contributed by atoms with Gasteiger partial charge in [-0.05, 0) is 13.0 Å². The summed E-state index contributed by atoms with van der Waals surface area (Å²) in [4.78, 5) is 4.45. The lowest BCUT2D eigenvalue weighted by atomic mass is 9.96. The van der Waals surface area contributed by atoms with E-state index in [1.54, 1.807) is 26.4 Å². The molecule has 1 atom stereocenters. The molecule has 6 nitrogen and oxygen atoms in total.